The molecule has 0 heterocycles. The Bertz CT molecular complexity index is 658. The first-order valence-corrected chi connectivity index (χ1v) is 9.59. The summed E-state index contributed by atoms with van der Waals surface area (Å²) >= 11 is 11.7. The minimum absolute atomic E-state index is 0.0884. The highest BCUT2D eigenvalue weighted by Gasteiger charge is 2.30. The van der Waals surface area contributed by atoms with Gasteiger partial charge in [-0.25, -0.2) is 8.42 Å². The van der Waals surface area contributed by atoms with Crippen molar-refractivity contribution in [2.24, 2.45) is 0 Å². The van der Waals surface area contributed by atoms with E-state index in [9.17, 15) is 13.2 Å². The Kier molecular flexibility index (Phi) is 5.71. The molecule has 1 aromatic rings. The number of carbonyl (C=O) groups excluding carboxylic acids is 1. The number of sulfonamides is 1. The molecule has 2 rings (SSSR count). The zero-order valence-electron chi connectivity index (χ0n) is 12.2. The zero-order chi connectivity index (χ0) is 16.3. The molecule has 1 amide bonds. The zero-order valence-corrected chi connectivity index (χ0v) is 14.5. The van der Waals surface area contributed by atoms with Gasteiger partial charge in [-0.05, 0) is 31.0 Å². The summed E-state index contributed by atoms with van der Waals surface area (Å²) in [5, 5.41) is 3.37. The highest BCUT2D eigenvalue weighted by atomic mass is 35.5. The van der Waals surface area contributed by atoms with Crippen molar-refractivity contribution >= 4 is 44.8 Å². The summed E-state index contributed by atoms with van der Waals surface area (Å²) < 4.78 is 25.1. The Morgan fingerprint density at radius 1 is 1.27 bits per heavy atom. The molecule has 0 radical (unpaired) electrons. The molecule has 1 aliphatic rings. The van der Waals surface area contributed by atoms with E-state index in [2.05, 4.69) is 5.32 Å². The van der Waals surface area contributed by atoms with Crippen LogP contribution >= 0.6 is 23.2 Å². The quantitative estimate of drug-likeness (QED) is 0.872. The summed E-state index contributed by atoms with van der Waals surface area (Å²) in [4.78, 5) is 12.1. The van der Waals surface area contributed by atoms with Crippen molar-refractivity contribution in [1.29, 1.82) is 0 Å². The number of benzene rings is 1. The first-order valence-electron chi connectivity index (χ1n) is 6.99. The summed E-state index contributed by atoms with van der Waals surface area (Å²) in [6, 6.07) is 4.63. The van der Waals surface area contributed by atoms with Gasteiger partial charge in [-0.1, -0.05) is 36.0 Å². The molecule has 0 spiro atoms. The SMILES string of the molecule is CS(=O)(=O)N(CC(=O)Nc1ccc(Cl)c(Cl)c1)C1CCCC1. The third-order valence-corrected chi connectivity index (χ3v) is 5.68. The Labute approximate surface area is 140 Å². The van der Waals surface area contributed by atoms with Crippen LogP contribution in [-0.4, -0.2) is 37.5 Å². The molecule has 1 aliphatic carbocycles. The van der Waals surface area contributed by atoms with Gasteiger partial charge in [-0.15, -0.1) is 0 Å². The molecule has 0 unspecified atom stereocenters. The van der Waals surface area contributed by atoms with Crippen molar-refractivity contribution < 1.29 is 13.2 Å². The van der Waals surface area contributed by atoms with Gasteiger partial charge in [0.15, 0.2) is 0 Å². The van der Waals surface area contributed by atoms with Crippen LogP contribution in [0.4, 0.5) is 5.69 Å². The van der Waals surface area contributed by atoms with Crippen LogP contribution in [0.15, 0.2) is 18.2 Å². The molecule has 122 valence electrons. The van der Waals surface area contributed by atoms with E-state index in [0.29, 0.717) is 15.7 Å². The molecule has 0 bridgehead atoms. The Morgan fingerprint density at radius 2 is 1.91 bits per heavy atom. The van der Waals surface area contributed by atoms with Gasteiger partial charge in [-0.3, -0.25) is 4.79 Å². The van der Waals surface area contributed by atoms with Crippen molar-refractivity contribution in [3.63, 3.8) is 0 Å². The summed E-state index contributed by atoms with van der Waals surface area (Å²) in [5.74, 6) is -0.393. The number of halogens is 2. The van der Waals surface area contributed by atoms with Gasteiger partial charge in [0.05, 0.1) is 22.8 Å². The molecule has 1 aromatic carbocycles. The molecule has 0 saturated heterocycles. The van der Waals surface area contributed by atoms with Crippen molar-refractivity contribution in [1.82, 2.24) is 4.31 Å². The van der Waals surface area contributed by atoms with E-state index in [-0.39, 0.29) is 12.6 Å². The Hall–Kier alpha value is -0.820. The molecule has 0 atom stereocenters. The first kappa shape index (κ1) is 17.5. The number of carbonyl (C=O) groups is 1. The number of nitrogens with zero attached hydrogens (tertiary/aromatic N) is 1. The van der Waals surface area contributed by atoms with Crippen molar-refractivity contribution in [3.05, 3.63) is 28.2 Å². The van der Waals surface area contributed by atoms with Crippen molar-refractivity contribution in [2.75, 3.05) is 18.1 Å². The van der Waals surface area contributed by atoms with Crippen LogP contribution in [0.25, 0.3) is 0 Å². The van der Waals surface area contributed by atoms with Crippen LogP contribution in [0.5, 0.6) is 0 Å². The molecule has 8 heteroatoms. The molecule has 0 aliphatic heterocycles. The number of hydrogen-bond acceptors (Lipinski definition) is 3. The third kappa shape index (κ3) is 4.59. The van der Waals surface area contributed by atoms with E-state index in [0.717, 1.165) is 31.9 Å². The van der Waals surface area contributed by atoms with E-state index in [1.165, 1.54) is 10.4 Å². The second kappa shape index (κ2) is 7.17. The average molecular weight is 365 g/mol. The monoisotopic (exact) mass is 364 g/mol. The standard InChI is InChI=1S/C14H18Cl2N2O3S/c1-22(20,21)18(11-4-2-3-5-11)9-14(19)17-10-6-7-12(15)13(16)8-10/h6-8,11H,2-5,9H2,1H3,(H,17,19). The fourth-order valence-electron chi connectivity index (χ4n) is 2.63. The smallest absolute Gasteiger partial charge is 0.239 e. The molecule has 1 fully saturated rings. The van der Waals surface area contributed by atoms with E-state index in [1.54, 1.807) is 12.1 Å². The molecule has 0 aromatic heterocycles. The summed E-state index contributed by atoms with van der Waals surface area (Å²) in [6.45, 7) is -0.191. The van der Waals surface area contributed by atoms with Gasteiger partial charge in [-0.2, -0.15) is 4.31 Å². The molecule has 22 heavy (non-hydrogen) atoms. The molecule has 5 nitrogen and oxygen atoms in total. The number of nitrogens with one attached hydrogen (secondary N) is 1. The number of anilines is 1. The van der Waals surface area contributed by atoms with E-state index < -0.39 is 15.9 Å². The van der Waals surface area contributed by atoms with Gasteiger partial charge in [0.2, 0.25) is 15.9 Å². The molecule has 1 saturated carbocycles. The lowest BCUT2D eigenvalue weighted by Gasteiger charge is -2.25. The number of amides is 1. The maximum Gasteiger partial charge on any atom is 0.239 e. The predicted octanol–water partition coefficient (Wildman–Crippen LogP) is 3.14. The van der Waals surface area contributed by atoms with E-state index in [1.807, 2.05) is 0 Å². The lowest BCUT2D eigenvalue weighted by Crippen LogP contribution is -2.43. The minimum atomic E-state index is -3.43. The van der Waals surface area contributed by atoms with Crippen LogP contribution in [0.3, 0.4) is 0 Å². The van der Waals surface area contributed by atoms with E-state index >= 15 is 0 Å². The first-order chi connectivity index (χ1) is 10.3. The Balaban J connectivity index is 2.06. The van der Waals surface area contributed by atoms with Crippen molar-refractivity contribution in [3.8, 4) is 0 Å². The maximum atomic E-state index is 12.1. The average Bonchev–Trinajstić information content (AvgIpc) is 2.92. The van der Waals surface area contributed by atoms with Gasteiger partial charge in [0.1, 0.15) is 0 Å². The van der Waals surface area contributed by atoms with Crippen LogP contribution < -0.4 is 5.32 Å². The summed E-state index contributed by atoms with van der Waals surface area (Å²) in [5.41, 5.74) is 0.485. The highest BCUT2D eigenvalue weighted by Crippen LogP contribution is 2.26. The fourth-order valence-corrected chi connectivity index (χ4v) is 4.03. The van der Waals surface area contributed by atoms with Gasteiger partial charge < -0.3 is 5.32 Å². The lowest BCUT2D eigenvalue weighted by atomic mass is 10.2. The summed E-state index contributed by atoms with van der Waals surface area (Å²) in [7, 11) is -3.43. The number of rotatable bonds is 5. The van der Waals surface area contributed by atoms with Crippen LogP contribution in [0, 0.1) is 0 Å². The predicted molar refractivity (Wildman–Crippen MR) is 88.9 cm³/mol. The summed E-state index contributed by atoms with van der Waals surface area (Å²) in [6.07, 6.45) is 4.72. The second-order valence-corrected chi connectivity index (χ2v) is 8.17. The third-order valence-electron chi connectivity index (χ3n) is 3.66. The Morgan fingerprint density at radius 3 is 2.45 bits per heavy atom. The lowest BCUT2D eigenvalue weighted by molar-refractivity contribution is -0.116. The molecular weight excluding hydrogens is 347 g/mol. The van der Waals surface area contributed by atoms with Crippen LogP contribution in [-0.2, 0) is 14.8 Å². The van der Waals surface area contributed by atoms with Crippen LogP contribution in [0.2, 0.25) is 10.0 Å². The fraction of sp³-hybridized carbons (Fsp3) is 0.500. The minimum Gasteiger partial charge on any atom is -0.325 e. The second-order valence-electron chi connectivity index (χ2n) is 5.42. The van der Waals surface area contributed by atoms with E-state index in [4.69, 9.17) is 23.2 Å². The highest BCUT2D eigenvalue weighted by molar-refractivity contribution is 7.88. The largest absolute Gasteiger partial charge is 0.325 e. The molecule has 1 N–H and O–H groups in total. The van der Waals surface area contributed by atoms with Gasteiger partial charge in [0, 0.05) is 11.7 Å². The van der Waals surface area contributed by atoms with Crippen molar-refractivity contribution in [2.45, 2.75) is 31.7 Å². The normalized spacial score (nSPS) is 16.2. The van der Waals surface area contributed by atoms with Gasteiger partial charge >= 0.3 is 0 Å². The topological polar surface area (TPSA) is 66.5 Å². The number of hydrogen-bond donors (Lipinski definition) is 1. The molecular formula is C14H18Cl2N2O3S. The van der Waals surface area contributed by atoms with Crippen LogP contribution in [0.1, 0.15) is 25.7 Å². The van der Waals surface area contributed by atoms with Gasteiger partial charge in [0.25, 0.3) is 0 Å². The maximum absolute atomic E-state index is 12.1.